The molecule has 3 nitrogen and oxygen atoms in total. The van der Waals surface area contributed by atoms with Crippen LogP contribution >= 0.6 is 0 Å². The van der Waals surface area contributed by atoms with Crippen molar-refractivity contribution in [3.05, 3.63) is 29.8 Å². The highest BCUT2D eigenvalue weighted by Crippen LogP contribution is 2.29. The van der Waals surface area contributed by atoms with E-state index in [1.807, 2.05) is 38.1 Å². The average Bonchev–Trinajstić information content (AvgIpc) is 2.29. The highest BCUT2D eigenvalue weighted by atomic mass is 16.5. The van der Waals surface area contributed by atoms with Crippen LogP contribution in [0.4, 0.5) is 0 Å². The van der Waals surface area contributed by atoms with Gasteiger partial charge in [0.05, 0.1) is 12.7 Å². The third-order valence-corrected chi connectivity index (χ3v) is 2.41. The Morgan fingerprint density at radius 1 is 1.19 bits per heavy atom. The van der Waals surface area contributed by atoms with E-state index >= 15 is 0 Å². The van der Waals surface area contributed by atoms with Gasteiger partial charge in [0.1, 0.15) is 12.4 Å². The molecule has 0 aliphatic rings. The van der Waals surface area contributed by atoms with Crippen molar-refractivity contribution in [1.29, 1.82) is 0 Å². The van der Waals surface area contributed by atoms with E-state index in [-0.39, 0.29) is 5.92 Å². The Kier molecular flexibility index (Phi) is 5.29. The lowest BCUT2D eigenvalue weighted by Gasteiger charge is -2.18. The van der Waals surface area contributed by atoms with Gasteiger partial charge < -0.3 is 14.6 Å². The summed E-state index contributed by atoms with van der Waals surface area (Å²) in [5.41, 5.74) is 0.841. The van der Waals surface area contributed by atoms with Crippen LogP contribution in [0.2, 0.25) is 0 Å². The summed E-state index contributed by atoms with van der Waals surface area (Å²) >= 11 is 0. The first kappa shape index (κ1) is 13.0. The average molecular weight is 224 g/mol. The second kappa shape index (κ2) is 6.51. The van der Waals surface area contributed by atoms with Crippen molar-refractivity contribution in [1.82, 2.24) is 0 Å². The van der Waals surface area contributed by atoms with Gasteiger partial charge in [-0.25, -0.2) is 0 Å². The molecule has 0 bridgehead atoms. The summed E-state index contributed by atoms with van der Waals surface area (Å²) in [7, 11) is 1.64. The van der Waals surface area contributed by atoms with Crippen molar-refractivity contribution in [2.45, 2.75) is 20.0 Å². The summed E-state index contributed by atoms with van der Waals surface area (Å²) < 4.78 is 10.5. The Labute approximate surface area is 97.0 Å². The molecular formula is C13H20O3. The van der Waals surface area contributed by atoms with Gasteiger partial charge in [-0.3, -0.25) is 0 Å². The number of benzene rings is 1. The van der Waals surface area contributed by atoms with Gasteiger partial charge in [0.15, 0.2) is 0 Å². The third kappa shape index (κ3) is 3.51. The van der Waals surface area contributed by atoms with Crippen LogP contribution in [0.3, 0.4) is 0 Å². The van der Waals surface area contributed by atoms with E-state index in [1.54, 1.807) is 7.11 Å². The summed E-state index contributed by atoms with van der Waals surface area (Å²) in [6.07, 6.45) is -0.487. The second-order valence-electron chi connectivity index (χ2n) is 4.07. The number of aliphatic hydroxyl groups is 1. The van der Waals surface area contributed by atoms with Crippen molar-refractivity contribution < 1.29 is 14.6 Å². The molecule has 1 rings (SSSR count). The molecule has 0 aromatic heterocycles. The van der Waals surface area contributed by atoms with E-state index in [0.29, 0.717) is 13.2 Å². The number of para-hydroxylation sites is 1. The Balaban J connectivity index is 2.75. The van der Waals surface area contributed by atoms with Crippen LogP contribution in [0.15, 0.2) is 24.3 Å². The zero-order valence-electron chi connectivity index (χ0n) is 10.1. The lowest BCUT2D eigenvalue weighted by Crippen LogP contribution is -2.10. The molecule has 0 heterocycles. The van der Waals surface area contributed by atoms with E-state index in [4.69, 9.17) is 9.47 Å². The zero-order chi connectivity index (χ0) is 12.0. The molecule has 0 aliphatic carbocycles. The van der Waals surface area contributed by atoms with Crippen LogP contribution < -0.4 is 4.74 Å². The minimum absolute atomic E-state index is 0.173. The van der Waals surface area contributed by atoms with E-state index in [0.717, 1.165) is 11.3 Å². The van der Waals surface area contributed by atoms with Gasteiger partial charge in [0.2, 0.25) is 0 Å². The van der Waals surface area contributed by atoms with Crippen LogP contribution in [0.5, 0.6) is 5.75 Å². The number of hydrogen-bond acceptors (Lipinski definition) is 3. The van der Waals surface area contributed by atoms with Gasteiger partial charge in [-0.05, 0) is 12.0 Å². The van der Waals surface area contributed by atoms with Crippen molar-refractivity contribution in [2.75, 3.05) is 20.3 Å². The van der Waals surface area contributed by atoms with Crippen molar-refractivity contribution in [3.8, 4) is 5.75 Å². The van der Waals surface area contributed by atoms with E-state index in [1.165, 1.54) is 0 Å². The minimum Gasteiger partial charge on any atom is -0.491 e. The minimum atomic E-state index is -0.487. The number of aliphatic hydroxyl groups excluding tert-OH is 1. The standard InChI is InChI=1S/C13H20O3/c1-10(2)13(14)11-6-4-5-7-12(11)16-9-8-15-3/h4-7,10,13-14H,8-9H2,1-3H3. The first-order valence-electron chi connectivity index (χ1n) is 5.55. The second-order valence-corrected chi connectivity index (χ2v) is 4.07. The Morgan fingerprint density at radius 2 is 1.88 bits per heavy atom. The van der Waals surface area contributed by atoms with E-state index in [2.05, 4.69) is 0 Å². The first-order chi connectivity index (χ1) is 7.66. The molecule has 0 spiro atoms. The maximum atomic E-state index is 10.0. The van der Waals surface area contributed by atoms with Crippen LogP contribution in [0.1, 0.15) is 25.5 Å². The van der Waals surface area contributed by atoms with Crippen molar-refractivity contribution in [2.24, 2.45) is 5.92 Å². The van der Waals surface area contributed by atoms with Gasteiger partial charge in [-0.15, -0.1) is 0 Å². The number of hydrogen-bond donors (Lipinski definition) is 1. The quantitative estimate of drug-likeness (QED) is 0.754. The number of methoxy groups -OCH3 is 1. The Bertz CT molecular complexity index is 310. The Hall–Kier alpha value is -1.06. The normalized spacial score (nSPS) is 12.8. The summed E-state index contributed by atoms with van der Waals surface area (Å²) in [4.78, 5) is 0. The summed E-state index contributed by atoms with van der Waals surface area (Å²) in [5, 5.41) is 10.0. The molecular weight excluding hydrogens is 204 g/mol. The van der Waals surface area contributed by atoms with Gasteiger partial charge in [0.25, 0.3) is 0 Å². The fourth-order valence-corrected chi connectivity index (χ4v) is 1.45. The van der Waals surface area contributed by atoms with Gasteiger partial charge >= 0.3 is 0 Å². The molecule has 16 heavy (non-hydrogen) atoms. The summed E-state index contributed by atoms with van der Waals surface area (Å²) in [6, 6.07) is 7.58. The molecule has 0 saturated carbocycles. The van der Waals surface area contributed by atoms with Gasteiger partial charge in [-0.2, -0.15) is 0 Å². The largest absolute Gasteiger partial charge is 0.491 e. The zero-order valence-corrected chi connectivity index (χ0v) is 10.1. The van der Waals surface area contributed by atoms with E-state index < -0.39 is 6.10 Å². The number of ether oxygens (including phenoxy) is 2. The predicted octanol–water partition coefficient (Wildman–Crippen LogP) is 2.40. The molecule has 0 fully saturated rings. The molecule has 90 valence electrons. The fraction of sp³-hybridized carbons (Fsp3) is 0.538. The third-order valence-electron chi connectivity index (χ3n) is 2.41. The molecule has 0 radical (unpaired) electrons. The monoisotopic (exact) mass is 224 g/mol. The van der Waals surface area contributed by atoms with Crippen LogP contribution in [-0.4, -0.2) is 25.4 Å². The summed E-state index contributed by atoms with van der Waals surface area (Å²) in [5.74, 6) is 0.910. The maximum Gasteiger partial charge on any atom is 0.125 e. The van der Waals surface area contributed by atoms with Gasteiger partial charge in [-0.1, -0.05) is 32.0 Å². The van der Waals surface area contributed by atoms with Crippen LogP contribution in [0.25, 0.3) is 0 Å². The van der Waals surface area contributed by atoms with Crippen molar-refractivity contribution in [3.63, 3.8) is 0 Å². The summed E-state index contributed by atoms with van der Waals surface area (Å²) in [6.45, 7) is 5.01. The molecule has 1 aromatic carbocycles. The van der Waals surface area contributed by atoms with Gasteiger partial charge in [0, 0.05) is 12.7 Å². The molecule has 1 atom stereocenters. The lowest BCUT2D eigenvalue weighted by molar-refractivity contribution is 0.115. The molecule has 3 heteroatoms. The topological polar surface area (TPSA) is 38.7 Å². The molecule has 1 unspecified atom stereocenters. The first-order valence-corrected chi connectivity index (χ1v) is 5.55. The lowest BCUT2D eigenvalue weighted by atomic mass is 9.98. The SMILES string of the molecule is COCCOc1ccccc1C(O)C(C)C. The molecule has 1 aromatic rings. The molecule has 0 aliphatic heterocycles. The van der Waals surface area contributed by atoms with Crippen molar-refractivity contribution >= 4 is 0 Å². The number of rotatable bonds is 6. The maximum absolute atomic E-state index is 10.0. The highest BCUT2D eigenvalue weighted by molar-refractivity contribution is 5.35. The van der Waals surface area contributed by atoms with E-state index in [9.17, 15) is 5.11 Å². The van der Waals surface area contributed by atoms with Crippen LogP contribution in [-0.2, 0) is 4.74 Å². The fourth-order valence-electron chi connectivity index (χ4n) is 1.45. The smallest absolute Gasteiger partial charge is 0.125 e. The molecule has 0 saturated heterocycles. The predicted molar refractivity (Wildman–Crippen MR) is 63.6 cm³/mol. The molecule has 0 amide bonds. The Morgan fingerprint density at radius 3 is 2.50 bits per heavy atom. The molecule has 1 N–H and O–H groups in total. The highest BCUT2D eigenvalue weighted by Gasteiger charge is 2.16. The van der Waals surface area contributed by atoms with Crippen LogP contribution in [0, 0.1) is 5.92 Å².